The number of aryl methyl sites for hydroxylation is 1. The lowest BCUT2D eigenvalue weighted by atomic mass is 10.1. The summed E-state index contributed by atoms with van der Waals surface area (Å²) in [5.74, 6) is 0.854. The van der Waals surface area contributed by atoms with E-state index in [1.165, 1.54) is 0 Å². The van der Waals surface area contributed by atoms with Crippen molar-refractivity contribution < 1.29 is 0 Å². The summed E-state index contributed by atoms with van der Waals surface area (Å²) in [5, 5.41) is 9.28. The van der Waals surface area contributed by atoms with Crippen molar-refractivity contribution in [2.24, 2.45) is 0 Å². The molecule has 0 fully saturated rings. The van der Waals surface area contributed by atoms with E-state index < -0.39 is 0 Å². The maximum Gasteiger partial charge on any atom is 0.199 e. The molecule has 1 N–H and O–H groups in total. The van der Waals surface area contributed by atoms with Gasteiger partial charge in [-0.3, -0.25) is 9.67 Å². The van der Waals surface area contributed by atoms with E-state index in [2.05, 4.69) is 38.3 Å². The largest absolute Gasteiger partial charge is 0.272 e. The number of hydrogen-bond donors (Lipinski definition) is 1. The standard InChI is InChI=1S/C13H10BrN3S/c1-8-15-16-13(18)17(8)12-7-6-11(14)9-4-2-3-5-10(9)12/h2-7H,1H3,(H,16,18). The number of fused-ring (bicyclic) bond motifs is 1. The lowest BCUT2D eigenvalue weighted by Gasteiger charge is -2.09. The van der Waals surface area contributed by atoms with E-state index in [9.17, 15) is 0 Å². The highest BCUT2D eigenvalue weighted by Gasteiger charge is 2.09. The van der Waals surface area contributed by atoms with E-state index >= 15 is 0 Å². The molecule has 0 bridgehead atoms. The molecular weight excluding hydrogens is 310 g/mol. The molecule has 0 unspecified atom stereocenters. The Labute approximate surface area is 118 Å². The Bertz CT molecular complexity index is 788. The van der Waals surface area contributed by atoms with Crippen molar-refractivity contribution in [3.8, 4) is 5.69 Å². The molecule has 1 aromatic heterocycles. The van der Waals surface area contributed by atoms with Crippen LogP contribution in [-0.4, -0.2) is 14.8 Å². The van der Waals surface area contributed by atoms with Crippen molar-refractivity contribution in [2.45, 2.75) is 6.92 Å². The van der Waals surface area contributed by atoms with Gasteiger partial charge in [0.05, 0.1) is 5.69 Å². The highest BCUT2D eigenvalue weighted by Crippen LogP contribution is 2.29. The van der Waals surface area contributed by atoms with Crippen molar-refractivity contribution >= 4 is 38.9 Å². The monoisotopic (exact) mass is 319 g/mol. The normalized spacial score (nSPS) is 11.0. The van der Waals surface area contributed by atoms with Crippen molar-refractivity contribution in [1.29, 1.82) is 0 Å². The number of benzene rings is 2. The molecule has 2 aromatic carbocycles. The fourth-order valence-corrected chi connectivity index (χ4v) is 2.85. The van der Waals surface area contributed by atoms with Gasteiger partial charge in [0.1, 0.15) is 5.82 Å². The van der Waals surface area contributed by atoms with E-state index in [1.54, 1.807) is 0 Å². The van der Waals surface area contributed by atoms with Crippen LogP contribution in [0.4, 0.5) is 0 Å². The zero-order valence-corrected chi connectivity index (χ0v) is 12.0. The second-order valence-corrected chi connectivity index (χ2v) is 5.26. The SMILES string of the molecule is Cc1n[nH]c(=S)n1-c1ccc(Br)c2ccccc12. The molecule has 0 saturated heterocycles. The van der Waals surface area contributed by atoms with E-state index in [1.807, 2.05) is 35.8 Å². The van der Waals surface area contributed by atoms with Gasteiger partial charge in [-0.1, -0.05) is 40.2 Å². The van der Waals surface area contributed by atoms with Crippen LogP contribution in [0.15, 0.2) is 40.9 Å². The van der Waals surface area contributed by atoms with Gasteiger partial charge in [0.15, 0.2) is 4.77 Å². The lowest BCUT2D eigenvalue weighted by molar-refractivity contribution is 0.970. The van der Waals surface area contributed by atoms with Crippen LogP contribution in [-0.2, 0) is 0 Å². The van der Waals surface area contributed by atoms with Crippen LogP contribution in [0.3, 0.4) is 0 Å². The minimum atomic E-state index is 0.611. The maximum absolute atomic E-state index is 5.28. The fraction of sp³-hybridized carbons (Fsp3) is 0.0769. The number of rotatable bonds is 1. The van der Waals surface area contributed by atoms with Crippen molar-refractivity contribution in [3.05, 3.63) is 51.5 Å². The van der Waals surface area contributed by atoms with Gasteiger partial charge in [-0.2, -0.15) is 5.10 Å². The molecule has 0 aliphatic heterocycles. The molecule has 0 aliphatic carbocycles. The van der Waals surface area contributed by atoms with Gasteiger partial charge in [0.2, 0.25) is 0 Å². The van der Waals surface area contributed by atoms with Crippen molar-refractivity contribution in [3.63, 3.8) is 0 Å². The van der Waals surface area contributed by atoms with E-state index in [0.717, 1.165) is 26.8 Å². The van der Waals surface area contributed by atoms with Crippen molar-refractivity contribution in [2.75, 3.05) is 0 Å². The zero-order valence-electron chi connectivity index (χ0n) is 9.64. The van der Waals surface area contributed by atoms with E-state index in [-0.39, 0.29) is 0 Å². The predicted molar refractivity (Wildman–Crippen MR) is 78.7 cm³/mol. The van der Waals surface area contributed by atoms with Crippen LogP contribution >= 0.6 is 28.1 Å². The van der Waals surface area contributed by atoms with Crippen LogP contribution in [0.25, 0.3) is 16.5 Å². The van der Waals surface area contributed by atoms with E-state index in [0.29, 0.717) is 4.77 Å². The zero-order chi connectivity index (χ0) is 12.7. The van der Waals surface area contributed by atoms with Crippen LogP contribution in [0.1, 0.15) is 5.82 Å². The minimum absolute atomic E-state index is 0.611. The summed E-state index contributed by atoms with van der Waals surface area (Å²) in [5.41, 5.74) is 1.05. The predicted octanol–water partition coefficient (Wildman–Crippen LogP) is 4.15. The summed E-state index contributed by atoms with van der Waals surface area (Å²) >= 11 is 8.86. The second kappa shape index (κ2) is 4.33. The minimum Gasteiger partial charge on any atom is -0.272 e. The van der Waals surface area contributed by atoms with Gasteiger partial charge in [0, 0.05) is 9.86 Å². The topological polar surface area (TPSA) is 33.6 Å². The van der Waals surface area contributed by atoms with Gasteiger partial charge < -0.3 is 0 Å². The molecule has 0 spiro atoms. The Kier molecular flexibility index (Phi) is 2.80. The van der Waals surface area contributed by atoms with Crippen LogP contribution in [0, 0.1) is 11.7 Å². The highest BCUT2D eigenvalue weighted by atomic mass is 79.9. The Morgan fingerprint density at radius 2 is 1.89 bits per heavy atom. The number of halogens is 1. The van der Waals surface area contributed by atoms with Gasteiger partial charge in [0.25, 0.3) is 0 Å². The average molecular weight is 320 g/mol. The first-order valence-corrected chi connectivity index (χ1v) is 6.70. The van der Waals surface area contributed by atoms with E-state index in [4.69, 9.17) is 12.2 Å². The van der Waals surface area contributed by atoms with Gasteiger partial charge >= 0.3 is 0 Å². The molecule has 0 atom stereocenters. The molecule has 3 aromatic rings. The molecule has 0 amide bonds. The third-order valence-electron chi connectivity index (χ3n) is 2.93. The molecule has 0 saturated carbocycles. The molecular formula is C13H10BrN3S. The number of H-pyrrole nitrogens is 1. The average Bonchev–Trinajstić information content (AvgIpc) is 2.71. The summed E-state index contributed by atoms with van der Waals surface area (Å²) in [6, 6.07) is 12.3. The Hall–Kier alpha value is -1.46. The molecule has 5 heteroatoms. The summed E-state index contributed by atoms with van der Waals surface area (Å²) in [7, 11) is 0. The quantitative estimate of drug-likeness (QED) is 0.683. The summed E-state index contributed by atoms with van der Waals surface area (Å²) in [6.45, 7) is 1.93. The number of aromatic amines is 1. The molecule has 1 heterocycles. The molecule has 3 rings (SSSR count). The maximum atomic E-state index is 5.28. The van der Waals surface area contributed by atoms with Gasteiger partial charge in [-0.25, -0.2) is 0 Å². The van der Waals surface area contributed by atoms with Crippen LogP contribution in [0.5, 0.6) is 0 Å². The third-order valence-corrected chi connectivity index (χ3v) is 3.89. The smallest absolute Gasteiger partial charge is 0.199 e. The summed E-state index contributed by atoms with van der Waals surface area (Å²) in [4.78, 5) is 0. The Morgan fingerprint density at radius 1 is 1.17 bits per heavy atom. The second-order valence-electron chi connectivity index (χ2n) is 4.02. The Morgan fingerprint density at radius 3 is 2.56 bits per heavy atom. The lowest BCUT2D eigenvalue weighted by Crippen LogP contribution is -1.98. The fourth-order valence-electron chi connectivity index (χ4n) is 2.10. The number of nitrogens with one attached hydrogen (secondary N) is 1. The van der Waals surface area contributed by atoms with Gasteiger partial charge in [-0.05, 0) is 36.7 Å². The molecule has 0 aliphatic rings. The first kappa shape index (κ1) is 11.6. The van der Waals surface area contributed by atoms with Crippen LogP contribution in [0.2, 0.25) is 0 Å². The summed E-state index contributed by atoms with van der Waals surface area (Å²) < 4.78 is 3.64. The highest BCUT2D eigenvalue weighted by molar-refractivity contribution is 9.10. The first-order chi connectivity index (χ1) is 8.68. The first-order valence-electron chi connectivity index (χ1n) is 5.50. The van der Waals surface area contributed by atoms with Crippen LogP contribution < -0.4 is 0 Å². The molecule has 18 heavy (non-hydrogen) atoms. The van der Waals surface area contributed by atoms with Gasteiger partial charge in [-0.15, -0.1) is 0 Å². The number of hydrogen-bond acceptors (Lipinski definition) is 2. The number of aromatic nitrogens is 3. The number of nitrogens with zero attached hydrogens (tertiary/aromatic N) is 2. The third kappa shape index (κ3) is 1.71. The molecule has 90 valence electrons. The molecule has 3 nitrogen and oxygen atoms in total. The van der Waals surface area contributed by atoms with Crippen molar-refractivity contribution in [1.82, 2.24) is 14.8 Å². The Balaban J connectivity index is 2.45. The molecule has 0 radical (unpaired) electrons. The summed E-state index contributed by atoms with van der Waals surface area (Å²) in [6.07, 6.45) is 0.